The fourth-order valence-electron chi connectivity index (χ4n) is 2.22. The number of hydrogen-bond acceptors (Lipinski definition) is 11. The fraction of sp³-hybridized carbons (Fsp3) is 0.714. The minimum atomic E-state index is -1.83. The molecule has 12 heteroatoms. The number of carbonyl (C=O) groups excluding carboxylic acids is 6. The highest BCUT2D eigenvalue weighted by molar-refractivity contribution is 6.08. The number of carbonyl (C=O) groups is 6. The summed E-state index contributed by atoms with van der Waals surface area (Å²) in [7, 11) is 0. The van der Waals surface area contributed by atoms with Crippen LogP contribution in [0.25, 0.3) is 0 Å². The van der Waals surface area contributed by atoms with Crippen molar-refractivity contribution in [2.75, 3.05) is 13.2 Å². The van der Waals surface area contributed by atoms with Gasteiger partial charge in [-0.2, -0.15) is 0 Å². The number of rotatable bonds is 10. The summed E-state index contributed by atoms with van der Waals surface area (Å²) >= 11 is 0. The molecule has 1 aliphatic rings. The SMILES string of the molecule is CCCOC(=O)C(C)(C)COC(=O)ON1C(=O)[C@@H](OC(=O)C(C)C)[C@H](OC(=O)C(C)C)C1=O. The average molecular weight is 473 g/mol. The lowest BCUT2D eigenvalue weighted by Gasteiger charge is -2.22. The van der Waals surface area contributed by atoms with Gasteiger partial charge in [0.15, 0.2) is 0 Å². The van der Waals surface area contributed by atoms with Crippen LogP contribution in [0.5, 0.6) is 0 Å². The Labute approximate surface area is 191 Å². The van der Waals surface area contributed by atoms with Gasteiger partial charge < -0.3 is 18.9 Å². The van der Waals surface area contributed by atoms with Gasteiger partial charge in [-0.1, -0.05) is 39.7 Å². The van der Waals surface area contributed by atoms with Gasteiger partial charge in [0.05, 0.1) is 23.9 Å². The first-order chi connectivity index (χ1) is 15.2. The molecule has 186 valence electrons. The molecule has 0 unspecified atom stereocenters. The smallest absolute Gasteiger partial charge is 0.465 e. The Morgan fingerprint density at radius 2 is 1.33 bits per heavy atom. The zero-order chi connectivity index (χ0) is 25.5. The third-order valence-electron chi connectivity index (χ3n) is 4.30. The van der Waals surface area contributed by atoms with Crippen molar-refractivity contribution in [3.05, 3.63) is 0 Å². The Kier molecular flexibility index (Phi) is 9.80. The van der Waals surface area contributed by atoms with E-state index in [1.54, 1.807) is 0 Å². The van der Waals surface area contributed by atoms with Gasteiger partial charge in [-0.05, 0) is 20.3 Å². The Hall–Kier alpha value is -3.18. The lowest BCUT2D eigenvalue weighted by atomic mass is 9.95. The summed E-state index contributed by atoms with van der Waals surface area (Å²) in [5, 5.41) is 0.0152. The van der Waals surface area contributed by atoms with Crippen LogP contribution in [-0.4, -0.2) is 66.4 Å². The molecule has 2 atom stereocenters. The Bertz CT molecular complexity index is 747. The quantitative estimate of drug-likeness (QED) is 0.258. The predicted octanol–water partition coefficient (Wildman–Crippen LogP) is 1.54. The molecule has 1 rings (SSSR count). The maximum atomic E-state index is 12.6. The van der Waals surface area contributed by atoms with Crippen molar-refractivity contribution < 1.29 is 52.6 Å². The topological polar surface area (TPSA) is 152 Å². The van der Waals surface area contributed by atoms with Crippen molar-refractivity contribution in [3.63, 3.8) is 0 Å². The number of hydrogen-bond donors (Lipinski definition) is 0. The first-order valence-corrected chi connectivity index (χ1v) is 10.5. The molecule has 0 N–H and O–H groups in total. The van der Waals surface area contributed by atoms with Gasteiger partial charge in [0.2, 0.25) is 12.2 Å². The first-order valence-electron chi connectivity index (χ1n) is 10.5. The van der Waals surface area contributed by atoms with Gasteiger partial charge in [0.25, 0.3) is 0 Å². The second-order valence-electron chi connectivity index (χ2n) is 8.64. The minimum absolute atomic E-state index is 0.0152. The second-order valence-corrected chi connectivity index (χ2v) is 8.64. The van der Waals surface area contributed by atoms with E-state index in [-0.39, 0.29) is 11.7 Å². The molecule has 1 aliphatic heterocycles. The molecule has 0 saturated carbocycles. The monoisotopic (exact) mass is 473 g/mol. The lowest BCUT2D eigenvalue weighted by molar-refractivity contribution is -0.184. The molecule has 0 aromatic heterocycles. The van der Waals surface area contributed by atoms with Gasteiger partial charge in [-0.3, -0.25) is 28.8 Å². The second kappa shape index (κ2) is 11.6. The van der Waals surface area contributed by atoms with E-state index in [9.17, 15) is 28.8 Å². The van der Waals surface area contributed by atoms with Gasteiger partial charge in [-0.15, -0.1) is 0 Å². The van der Waals surface area contributed by atoms with Crippen LogP contribution >= 0.6 is 0 Å². The molecule has 12 nitrogen and oxygen atoms in total. The summed E-state index contributed by atoms with van der Waals surface area (Å²) in [6.07, 6.45) is -4.53. The van der Waals surface area contributed by atoms with Crippen LogP contribution in [0.2, 0.25) is 0 Å². The van der Waals surface area contributed by atoms with E-state index >= 15 is 0 Å². The van der Waals surface area contributed by atoms with Crippen molar-refractivity contribution in [1.82, 2.24) is 5.06 Å². The third-order valence-corrected chi connectivity index (χ3v) is 4.30. The van der Waals surface area contributed by atoms with Crippen molar-refractivity contribution in [3.8, 4) is 0 Å². The lowest BCUT2D eigenvalue weighted by Crippen LogP contribution is -2.39. The Morgan fingerprint density at radius 3 is 1.73 bits per heavy atom. The van der Waals surface area contributed by atoms with Crippen LogP contribution in [0.3, 0.4) is 0 Å². The minimum Gasteiger partial charge on any atom is -0.465 e. The van der Waals surface area contributed by atoms with Crippen LogP contribution in [0.4, 0.5) is 4.79 Å². The summed E-state index contributed by atoms with van der Waals surface area (Å²) in [5.41, 5.74) is -1.22. The third kappa shape index (κ3) is 7.43. The number of imide groups is 1. The van der Waals surface area contributed by atoms with E-state index in [2.05, 4.69) is 4.84 Å². The highest BCUT2D eigenvalue weighted by atomic mass is 16.8. The number of amides is 2. The molecule has 0 spiro atoms. The van der Waals surface area contributed by atoms with E-state index in [0.29, 0.717) is 6.42 Å². The van der Waals surface area contributed by atoms with Crippen LogP contribution < -0.4 is 0 Å². The zero-order valence-corrected chi connectivity index (χ0v) is 19.9. The molecule has 0 aromatic rings. The van der Waals surface area contributed by atoms with E-state index in [1.165, 1.54) is 41.5 Å². The van der Waals surface area contributed by atoms with Crippen molar-refractivity contribution in [1.29, 1.82) is 0 Å². The number of hydroxylamine groups is 2. The molecular weight excluding hydrogens is 442 g/mol. The number of esters is 3. The molecule has 2 amide bonds. The summed E-state index contributed by atoms with van der Waals surface area (Å²) in [6, 6.07) is 0. The molecule has 1 heterocycles. The largest absolute Gasteiger partial charge is 0.533 e. The summed E-state index contributed by atoms with van der Waals surface area (Å²) in [4.78, 5) is 78.0. The number of ether oxygens (including phenoxy) is 4. The van der Waals surface area contributed by atoms with Crippen molar-refractivity contribution in [2.45, 2.75) is 67.1 Å². The van der Waals surface area contributed by atoms with Gasteiger partial charge in [0, 0.05) is 0 Å². The first kappa shape index (κ1) is 27.9. The Morgan fingerprint density at radius 1 is 0.879 bits per heavy atom. The highest BCUT2D eigenvalue weighted by Gasteiger charge is 2.55. The fourth-order valence-corrected chi connectivity index (χ4v) is 2.22. The molecule has 0 radical (unpaired) electrons. The van der Waals surface area contributed by atoms with Crippen LogP contribution in [0.1, 0.15) is 54.9 Å². The number of nitrogens with zero attached hydrogens (tertiary/aromatic N) is 1. The summed E-state index contributed by atoms with van der Waals surface area (Å²) in [6.45, 7) is 10.5. The zero-order valence-electron chi connectivity index (χ0n) is 19.9. The van der Waals surface area contributed by atoms with Gasteiger partial charge in [0.1, 0.15) is 6.61 Å². The normalized spacial score (nSPS) is 18.4. The Balaban J connectivity index is 2.92. The molecule has 0 bridgehead atoms. The van der Waals surface area contributed by atoms with E-state index in [0.717, 1.165) is 0 Å². The maximum absolute atomic E-state index is 12.6. The van der Waals surface area contributed by atoms with E-state index < -0.39 is 71.9 Å². The summed E-state index contributed by atoms with van der Waals surface area (Å²) < 4.78 is 19.9. The predicted molar refractivity (Wildman–Crippen MR) is 109 cm³/mol. The van der Waals surface area contributed by atoms with Gasteiger partial charge >= 0.3 is 35.9 Å². The molecule has 1 fully saturated rings. The van der Waals surface area contributed by atoms with E-state index in [4.69, 9.17) is 18.9 Å². The van der Waals surface area contributed by atoms with Crippen LogP contribution in [0, 0.1) is 17.3 Å². The van der Waals surface area contributed by atoms with Crippen molar-refractivity contribution in [2.24, 2.45) is 17.3 Å². The highest BCUT2D eigenvalue weighted by Crippen LogP contribution is 2.24. The maximum Gasteiger partial charge on any atom is 0.533 e. The van der Waals surface area contributed by atoms with Crippen LogP contribution in [0.15, 0.2) is 0 Å². The molecule has 33 heavy (non-hydrogen) atoms. The molecular formula is C21H31NO11. The van der Waals surface area contributed by atoms with Crippen LogP contribution in [-0.2, 0) is 47.8 Å². The molecule has 1 saturated heterocycles. The van der Waals surface area contributed by atoms with Gasteiger partial charge in [-0.25, -0.2) is 4.79 Å². The molecule has 0 aliphatic carbocycles. The average Bonchev–Trinajstić information content (AvgIpc) is 2.94. The standard InChI is InChI=1S/C21H31NO11/c1-8-9-29-19(27)21(6,7)10-30-20(28)33-22-15(23)13(31-17(25)11(2)3)14(16(22)24)32-18(26)12(4)5/h11-14H,8-10H2,1-7H3/t13-,14-/m0/s1. The molecule has 0 aromatic carbocycles. The van der Waals surface area contributed by atoms with E-state index in [1.807, 2.05) is 6.92 Å². The van der Waals surface area contributed by atoms with Crippen molar-refractivity contribution >= 4 is 35.9 Å². The summed E-state index contributed by atoms with van der Waals surface area (Å²) in [5.74, 6) is -6.03.